The zero-order valence-electron chi connectivity index (χ0n) is 15.4. The molecular formula is C21H24FNO3S. The summed E-state index contributed by atoms with van der Waals surface area (Å²) in [7, 11) is -3.37. The van der Waals surface area contributed by atoms with E-state index in [9.17, 15) is 17.6 Å². The van der Waals surface area contributed by atoms with Crippen LogP contribution in [0.4, 0.5) is 4.39 Å². The van der Waals surface area contributed by atoms with Gasteiger partial charge in [0.2, 0.25) is 0 Å². The number of hydrogen-bond donors (Lipinski definition) is 1. The van der Waals surface area contributed by atoms with Gasteiger partial charge in [0, 0.05) is 23.8 Å². The van der Waals surface area contributed by atoms with Crippen molar-refractivity contribution in [2.24, 2.45) is 0 Å². The Balaban J connectivity index is 1.80. The fourth-order valence-corrected chi connectivity index (χ4v) is 4.49. The Kier molecular flexibility index (Phi) is 5.65. The first-order valence-electron chi connectivity index (χ1n) is 9.15. The van der Waals surface area contributed by atoms with Gasteiger partial charge in [0.15, 0.2) is 9.84 Å². The van der Waals surface area contributed by atoms with Gasteiger partial charge in [-0.3, -0.25) is 4.79 Å². The summed E-state index contributed by atoms with van der Waals surface area (Å²) in [6, 6.07) is 12.6. The second kappa shape index (κ2) is 7.80. The van der Waals surface area contributed by atoms with Crippen LogP contribution in [0, 0.1) is 5.82 Å². The summed E-state index contributed by atoms with van der Waals surface area (Å²) >= 11 is 0. The summed E-state index contributed by atoms with van der Waals surface area (Å²) in [6.07, 6.45) is 6.28. The summed E-state index contributed by atoms with van der Waals surface area (Å²) in [6.45, 7) is 0.445. The molecule has 6 heteroatoms. The molecule has 0 bridgehead atoms. The predicted octanol–water partition coefficient (Wildman–Crippen LogP) is 3.86. The van der Waals surface area contributed by atoms with Crippen molar-refractivity contribution in [3.05, 3.63) is 65.5 Å². The van der Waals surface area contributed by atoms with E-state index in [1.165, 1.54) is 24.3 Å². The third-order valence-electron chi connectivity index (χ3n) is 5.38. The molecule has 1 saturated carbocycles. The lowest BCUT2D eigenvalue weighted by molar-refractivity contribution is 0.0936. The number of sulfone groups is 1. The molecule has 0 aliphatic heterocycles. The number of amides is 1. The molecule has 4 nitrogen and oxygen atoms in total. The molecule has 0 radical (unpaired) electrons. The third kappa shape index (κ3) is 4.56. The highest BCUT2D eigenvalue weighted by molar-refractivity contribution is 7.90. The SMILES string of the molecule is CS(=O)(=O)c1cccc(C(=O)NCC2(c3ccc(F)cc3)CCCCC2)c1. The highest BCUT2D eigenvalue weighted by atomic mass is 32.2. The summed E-state index contributed by atoms with van der Waals surface area (Å²) in [5.74, 6) is -0.570. The highest BCUT2D eigenvalue weighted by Gasteiger charge is 2.34. The van der Waals surface area contributed by atoms with Crippen LogP contribution >= 0.6 is 0 Å². The predicted molar refractivity (Wildman–Crippen MR) is 103 cm³/mol. The lowest BCUT2D eigenvalue weighted by Gasteiger charge is -2.38. The van der Waals surface area contributed by atoms with Crippen molar-refractivity contribution in [3.8, 4) is 0 Å². The molecule has 0 spiro atoms. The lowest BCUT2D eigenvalue weighted by Crippen LogP contribution is -2.42. The maximum atomic E-state index is 13.3. The van der Waals surface area contributed by atoms with Gasteiger partial charge in [0.25, 0.3) is 5.91 Å². The summed E-state index contributed by atoms with van der Waals surface area (Å²) in [4.78, 5) is 12.8. The minimum Gasteiger partial charge on any atom is -0.351 e. The van der Waals surface area contributed by atoms with Crippen LogP contribution in [0.1, 0.15) is 48.0 Å². The van der Waals surface area contributed by atoms with Gasteiger partial charge in [-0.2, -0.15) is 0 Å². The van der Waals surface area contributed by atoms with E-state index >= 15 is 0 Å². The molecule has 2 aromatic carbocycles. The van der Waals surface area contributed by atoms with Crippen LogP contribution in [0.5, 0.6) is 0 Å². The van der Waals surface area contributed by atoms with E-state index in [0.717, 1.165) is 43.9 Å². The Hall–Kier alpha value is -2.21. The molecule has 144 valence electrons. The van der Waals surface area contributed by atoms with E-state index in [1.807, 2.05) is 0 Å². The molecule has 1 aliphatic rings. The number of benzene rings is 2. The summed E-state index contributed by atoms with van der Waals surface area (Å²) in [5, 5.41) is 2.97. The van der Waals surface area contributed by atoms with Gasteiger partial charge < -0.3 is 5.32 Å². The minimum atomic E-state index is -3.37. The molecule has 27 heavy (non-hydrogen) atoms. The first-order chi connectivity index (χ1) is 12.8. The van der Waals surface area contributed by atoms with E-state index in [4.69, 9.17) is 0 Å². The van der Waals surface area contributed by atoms with Crippen molar-refractivity contribution in [2.75, 3.05) is 12.8 Å². The number of halogens is 1. The van der Waals surface area contributed by atoms with Gasteiger partial charge in [-0.15, -0.1) is 0 Å². The maximum Gasteiger partial charge on any atom is 0.251 e. The molecule has 1 amide bonds. The van der Waals surface area contributed by atoms with Crippen molar-refractivity contribution >= 4 is 15.7 Å². The van der Waals surface area contributed by atoms with Crippen LogP contribution in [0.15, 0.2) is 53.4 Å². The van der Waals surface area contributed by atoms with Crippen LogP contribution in [0.3, 0.4) is 0 Å². The van der Waals surface area contributed by atoms with Crippen LogP contribution in [-0.2, 0) is 15.3 Å². The van der Waals surface area contributed by atoms with E-state index < -0.39 is 9.84 Å². The Labute approximate surface area is 159 Å². The molecule has 2 aromatic rings. The van der Waals surface area contributed by atoms with E-state index in [-0.39, 0.29) is 22.0 Å². The van der Waals surface area contributed by atoms with Gasteiger partial charge in [0.05, 0.1) is 4.90 Å². The van der Waals surface area contributed by atoms with Gasteiger partial charge in [-0.25, -0.2) is 12.8 Å². The molecule has 0 aromatic heterocycles. The minimum absolute atomic E-state index is 0.126. The fraction of sp³-hybridized carbons (Fsp3) is 0.381. The van der Waals surface area contributed by atoms with Crippen LogP contribution in [0.2, 0.25) is 0 Å². The van der Waals surface area contributed by atoms with E-state index in [1.54, 1.807) is 24.3 Å². The van der Waals surface area contributed by atoms with Gasteiger partial charge in [-0.1, -0.05) is 37.5 Å². The van der Waals surface area contributed by atoms with Crippen LogP contribution in [0.25, 0.3) is 0 Å². The van der Waals surface area contributed by atoms with Gasteiger partial charge >= 0.3 is 0 Å². The van der Waals surface area contributed by atoms with Gasteiger partial charge in [0.1, 0.15) is 5.82 Å². The molecule has 1 fully saturated rings. The van der Waals surface area contributed by atoms with Crippen molar-refractivity contribution in [1.29, 1.82) is 0 Å². The first-order valence-corrected chi connectivity index (χ1v) is 11.0. The molecule has 3 rings (SSSR count). The number of carbonyl (C=O) groups excluding carboxylic acids is 1. The fourth-order valence-electron chi connectivity index (χ4n) is 3.82. The number of rotatable bonds is 5. The average molecular weight is 389 g/mol. The second-order valence-electron chi connectivity index (χ2n) is 7.33. The van der Waals surface area contributed by atoms with Gasteiger partial charge in [-0.05, 0) is 48.7 Å². The van der Waals surface area contributed by atoms with Crippen molar-refractivity contribution in [3.63, 3.8) is 0 Å². The average Bonchev–Trinajstić information content (AvgIpc) is 2.67. The molecule has 0 unspecified atom stereocenters. The Bertz CT molecular complexity index is 917. The number of carbonyl (C=O) groups is 1. The zero-order valence-corrected chi connectivity index (χ0v) is 16.2. The lowest BCUT2D eigenvalue weighted by atomic mass is 9.69. The molecule has 0 saturated heterocycles. The molecule has 0 atom stereocenters. The van der Waals surface area contributed by atoms with E-state index in [2.05, 4.69) is 5.32 Å². The molecular weight excluding hydrogens is 365 g/mol. The normalized spacial score (nSPS) is 16.7. The first kappa shape index (κ1) is 19.5. The van der Waals surface area contributed by atoms with Crippen molar-refractivity contribution in [1.82, 2.24) is 5.32 Å². The topological polar surface area (TPSA) is 63.2 Å². The monoisotopic (exact) mass is 389 g/mol. The Morgan fingerprint density at radius 2 is 1.74 bits per heavy atom. The van der Waals surface area contributed by atoms with Crippen molar-refractivity contribution < 1.29 is 17.6 Å². The zero-order chi connectivity index (χ0) is 19.5. The smallest absolute Gasteiger partial charge is 0.251 e. The summed E-state index contributed by atoms with van der Waals surface area (Å²) in [5.41, 5.74) is 1.15. The summed E-state index contributed by atoms with van der Waals surface area (Å²) < 4.78 is 36.8. The Morgan fingerprint density at radius 1 is 1.07 bits per heavy atom. The van der Waals surface area contributed by atoms with Crippen LogP contribution in [-0.4, -0.2) is 27.1 Å². The second-order valence-corrected chi connectivity index (χ2v) is 9.35. The largest absolute Gasteiger partial charge is 0.351 e. The molecule has 1 aliphatic carbocycles. The van der Waals surface area contributed by atoms with Crippen molar-refractivity contribution in [2.45, 2.75) is 42.4 Å². The maximum absolute atomic E-state index is 13.3. The Morgan fingerprint density at radius 3 is 2.37 bits per heavy atom. The molecule has 1 N–H and O–H groups in total. The van der Waals surface area contributed by atoms with Crippen LogP contribution < -0.4 is 5.32 Å². The number of nitrogens with one attached hydrogen (secondary N) is 1. The standard InChI is InChI=1S/C21H24FNO3S/c1-27(25,26)19-7-5-6-16(14-19)20(24)23-15-21(12-3-2-4-13-21)17-8-10-18(22)11-9-17/h5-11,14H,2-4,12-13,15H2,1H3,(H,23,24). The number of hydrogen-bond acceptors (Lipinski definition) is 3. The third-order valence-corrected chi connectivity index (χ3v) is 6.49. The molecule has 0 heterocycles. The quantitative estimate of drug-likeness (QED) is 0.845. The van der Waals surface area contributed by atoms with E-state index in [0.29, 0.717) is 12.1 Å². The highest BCUT2D eigenvalue weighted by Crippen LogP contribution is 2.39.